The number of piperazine rings is 1. The predicted octanol–water partition coefficient (Wildman–Crippen LogP) is 2.86. The lowest BCUT2D eigenvalue weighted by Gasteiger charge is -2.36. The van der Waals surface area contributed by atoms with E-state index in [2.05, 4.69) is 15.1 Å². The Labute approximate surface area is 163 Å². The lowest BCUT2D eigenvalue weighted by atomic mass is 10.1. The van der Waals surface area contributed by atoms with Crippen molar-refractivity contribution in [2.24, 2.45) is 0 Å². The minimum absolute atomic E-state index is 0.0110. The van der Waals surface area contributed by atoms with E-state index in [0.717, 1.165) is 48.5 Å². The van der Waals surface area contributed by atoms with E-state index in [4.69, 9.17) is 4.42 Å². The van der Waals surface area contributed by atoms with Crippen LogP contribution in [0.15, 0.2) is 63.8 Å². The van der Waals surface area contributed by atoms with Crippen molar-refractivity contribution in [3.8, 4) is 0 Å². The van der Waals surface area contributed by atoms with Gasteiger partial charge in [0.1, 0.15) is 5.58 Å². The summed E-state index contributed by atoms with van der Waals surface area (Å²) >= 11 is 0. The molecule has 2 heterocycles. The molecule has 1 fully saturated rings. The van der Waals surface area contributed by atoms with Gasteiger partial charge >= 0.3 is 5.63 Å². The fourth-order valence-corrected chi connectivity index (χ4v) is 3.54. The number of benzene rings is 2. The molecular weight excluding hydrogens is 354 g/mol. The van der Waals surface area contributed by atoms with Crippen LogP contribution in [0.3, 0.4) is 0 Å². The van der Waals surface area contributed by atoms with E-state index >= 15 is 0 Å². The van der Waals surface area contributed by atoms with E-state index in [0.29, 0.717) is 12.1 Å². The third kappa shape index (κ3) is 4.07. The molecule has 6 nitrogen and oxygen atoms in total. The second-order valence-electron chi connectivity index (χ2n) is 7.12. The summed E-state index contributed by atoms with van der Waals surface area (Å²) in [6.07, 6.45) is 0. The van der Waals surface area contributed by atoms with Crippen molar-refractivity contribution in [1.82, 2.24) is 4.90 Å². The Kier molecular flexibility index (Phi) is 5.12. The van der Waals surface area contributed by atoms with Gasteiger partial charge in [0.2, 0.25) is 5.91 Å². The van der Waals surface area contributed by atoms with Gasteiger partial charge in [0.15, 0.2) is 0 Å². The molecule has 1 amide bonds. The number of carbonyl (C=O) groups is 1. The van der Waals surface area contributed by atoms with Crippen molar-refractivity contribution in [3.63, 3.8) is 0 Å². The standard InChI is InChI=1S/C22H23N3O3/c1-16-6-8-17(9-7-16)23-21(26)15-24-10-12-25(13-11-24)19-14-22(27)28-20-5-3-2-4-18(19)20/h2-9,14H,10-13,15H2,1H3,(H,23,26). The molecular formula is C22H23N3O3. The lowest BCUT2D eigenvalue weighted by Crippen LogP contribution is -2.48. The third-order valence-electron chi connectivity index (χ3n) is 5.04. The van der Waals surface area contributed by atoms with E-state index in [-0.39, 0.29) is 11.5 Å². The number of nitrogens with one attached hydrogen (secondary N) is 1. The van der Waals surface area contributed by atoms with Gasteiger partial charge in [-0.2, -0.15) is 0 Å². The summed E-state index contributed by atoms with van der Waals surface area (Å²) in [5.74, 6) is -0.0110. The Hall–Kier alpha value is -3.12. The van der Waals surface area contributed by atoms with Crippen LogP contribution in [0.4, 0.5) is 11.4 Å². The molecule has 0 atom stereocenters. The number of fused-ring (bicyclic) bond motifs is 1. The van der Waals surface area contributed by atoms with Crippen LogP contribution < -0.4 is 15.8 Å². The zero-order valence-corrected chi connectivity index (χ0v) is 15.9. The largest absolute Gasteiger partial charge is 0.423 e. The molecule has 1 aromatic heterocycles. The molecule has 0 bridgehead atoms. The fraction of sp³-hybridized carbons (Fsp3) is 0.273. The fourth-order valence-electron chi connectivity index (χ4n) is 3.54. The second-order valence-corrected chi connectivity index (χ2v) is 7.12. The molecule has 144 valence electrons. The highest BCUT2D eigenvalue weighted by Gasteiger charge is 2.21. The molecule has 0 spiro atoms. The minimum atomic E-state index is -0.339. The highest BCUT2D eigenvalue weighted by Crippen LogP contribution is 2.25. The number of aryl methyl sites for hydroxylation is 1. The van der Waals surface area contributed by atoms with Crippen molar-refractivity contribution >= 4 is 28.3 Å². The molecule has 1 saturated heterocycles. The Balaban J connectivity index is 1.38. The van der Waals surface area contributed by atoms with Crippen LogP contribution in [0.25, 0.3) is 11.0 Å². The molecule has 0 radical (unpaired) electrons. The highest BCUT2D eigenvalue weighted by molar-refractivity contribution is 5.92. The molecule has 28 heavy (non-hydrogen) atoms. The van der Waals surface area contributed by atoms with Gasteiger partial charge in [0.25, 0.3) is 0 Å². The van der Waals surface area contributed by atoms with Gasteiger partial charge in [0.05, 0.1) is 12.2 Å². The van der Waals surface area contributed by atoms with Gasteiger partial charge in [-0.15, -0.1) is 0 Å². The number of anilines is 2. The van der Waals surface area contributed by atoms with Crippen molar-refractivity contribution in [2.45, 2.75) is 6.92 Å². The summed E-state index contributed by atoms with van der Waals surface area (Å²) in [5, 5.41) is 3.88. The van der Waals surface area contributed by atoms with Crippen molar-refractivity contribution < 1.29 is 9.21 Å². The molecule has 2 aromatic carbocycles. The van der Waals surface area contributed by atoms with Gasteiger partial charge in [-0.3, -0.25) is 9.69 Å². The average molecular weight is 377 g/mol. The van der Waals surface area contributed by atoms with E-state index in [1.807, 2.05) is 55.5 Å². The molecule has 4 rings (SSSR count). The maximum absolute atomic E-state index is 12.3. The summed E-state index contributed by atoms with van der Waals surface area (Å²) < 4.78 is 5.29. The minimum Gasteiger partial charge on any atom is -0.423 e. The first kappa shape index (κ1) is 18.3. The van der Waals surface area contributed by atoms with Crippen LogP contribution in [0.5, 0.6) is 0 Å². The Morgan fingerprint density at radius 3 is 2.50 bits per heavy atom. The summed E-state index contributed by atoms with van der Waals surface area (Å²) in [7, 11) is 0. The topological polar surface area (TPSA) is 65.8 Å². The van der Waals surface area contributed by atoms with Gasteiger partial charge in [-0.1, -0.05) is 29.8 Å². The molecule has 1 N–H and O–H groups in total. The number of amides is 1. The molecule has 0 unspecified atom stereocenters. The van der Waals surface area contributed by atoms with Crippen LogP contribution >= 0.6 is 0 Å². The normalized spacial score (nSPS) is 15.0. The summed E-state index contributed by atoms with van der Waals surface area (Å²) in [6, 6.07) is 16.9. The second kappa shape index (κ2) is 7.86. The lowest BCUT2D eigenvalue weighted by molar-refractivity contribution is -0.117. The van der Waals surface area contributed by atoms with Gasteiger partial charge in [-0.05, 0) is 31.2 Å². The van der Waals surface area contributed by atoms with Crippen molar-refractivity contribution in [3.05, 3.63) is 70.6 Å². The number of hydrogen-bond acceptors (Lipinski definition) is 5. The van der Waals surface area contributed by atoms with Gasteiger partial charge in [-0.25, -0.2) is 4.79 Å². The molecule has 0 aliphatic carbocycles. The number of hydrogen-bond donors (Lipinski definition) is 1. The number of para-hydroxylation sites is 1. The van der Waals surface area contributed by atoms with Crippen LogP contribution in [-0.2, 0) is 4.79 Å². The molecule has 6 heteroatoms. The molecule has 1 aliphatic heterocycles. The molecule has 0 saturated carbocycles. The van der Waals surface area contributed by atoms with E-state index in [1.54, 1.807) is 6.07 Å². The van der Waals surface area contributed by atoms with Crippen LogP contribution in [0.1, 0.15) is 5.56 Å². The number of carbonyl (C=O) groups excluding carboxylic acids is 1. The Bertz CT molecular complexity index is 1030. The number of nitrogens with zero attached hydrogens (tertiary/aromatic N) is 2. The van der Waals surface area contributed by atoms with E-state index < -0.39 is 0 Å². The third-order valence-corrected chi connectivity index (χ3v) is 5.04. The molecule has 3 aromatic rings. The maximum atomic E-state index is 12.3. The quantitative estimate of drug-likeness (QED) is 0.709. The molecule has 1 aliphatic rings. The monoisotopic (exact) mass is 377 g/mol. The summed E-state index contributed by atoms with van der Waals surface area (Å²) in [5.41, 5.74) is 3.14. The Morgan fingerprint density at radius 1 is 1.04 bits per heavy atom. The van der Waals surface area contributed by atoms with Crippen molar-refractivity contribution in [1.29, 1.82) is 0 Å². The number of rotatable bonds is 4. The van der Waals surface area contributed by atoms with Gasteiger partial charge in [0, 0.05) is 43.3 Å². The first-order valence-corrected chi connectivity index (χ1v) is 9.45. The zero-order chi connectivity index (χ0) is 19.5. The van der Waals surface area contributed by atoms with Crippen LogP contribution in [-0.4, -0.2) is 43.5 Å². The van der Waals surface area contributed by atoms with Crippen molar-refractivity contribution in [2.75, 3.05) is 42.9 Å². The summed E-state index contributed by atoms with van der Waals surface area (Å²) in [4.78, 5) is 28.5. The Morgan fingerprint density at radius 2 is 1.75 bits per heavy atom. The first-order chi connectivity index (χ1) is 13.6. The van der Waals surface area contributed by atoms with Gasteiger partial charge < -0.3 is 14.6 Å². The smallest absolute Gasteiger partial charge is 0.338 e. The first-order valence-electron chi connectivity index (χ1n) is 9.45. The van der Waals surface area contributed by atoms with E-state index in [1.165, 1.54) is 0 Å². The van der Waals surface area contributed by atoms with Crippen LogP contribution in [0.2, 0.25) is 0 Å². The highest BCUT2D eigenvalue weighted by atomic mass is 16.4. The SMILES string of the molecule is Cc1ccc(NC(=O)CN2CCN(c3cc(=O)oc4ccccc34)CC2)cc1. The average Bonchev–Trinajstić information content (AvgIpc) is 2.70. The van der Waals surface area contributed by atoms with Crippen LogP contribution in [0, 0.1) is 6.92 Å². The maximum Gasteiger partial charge on any atom is 0.338 e. The summed E-state index contributed by atoms with van der Waals surface area (Å²) in [6.45, 7) is 5.41. The zero-order valence-electron chi connectivity index (χ0n) is 15.9. The van der Waals surface area contributed by atoms with E-state index in [9.17, 15) is 9.59 Å². The predicted molar refractivity (Wildman–Crippen MR) is 111 cm³/mol.